The van der Waals surface area contributed by atoms with E-state index in [1.54, 1.807) is 32.3 Å². The number of amides is 1. The van der Waals surface area contributed by atoms with Crippen molar-refractivity contribution in [2.45, 2.75) is 44.9 Å². The lowest BCUT2D eigenvalue weighted by Gasteiger charge is -2.24. The number of pyridine rings is 2. The van der Waals surface area contributed by atoms with Crippen LogP contribution in [0.1, 0.15) is 64.6 Å². The number of halogens is 1. The van der Waals surface area contributed by atoms with E-state index in [2.05, 4.69) is 15.0 Å². The maximum Gasteiger partial charge on any atom is 0.270 e. The van der Waals surface area contributed by atoms with Gasteiger partial charge in [0.1, 0.15) is 17.3 Å². The van der Waals surface area contributed by atoms with E-state index in [9.17, 15) is 9.18 Å². The van der Waals surface area contributed by atoms with Gasteiger partial charge in [-0.15, -0.1) is 0 Å². The summed E-state index contributed by atoms with van der Waals surface area (Å²) in [6, 6.07) is 2.71. The van der Waals surface area contributed by atoms with Gasteiger partial charge in [-0.3, -0.25) is 9.78 Å². The number of aromatic nitrogens is 3. The Morgan fingerprint density at radius 3 is 2.83 bits per heavy atom. The van der Waals surface area contributed by atoms with Crippen molar-refractivity contribution >= 4 is 22.8 Å². The molecule has 1 fully saturated rings. The van der Waals surface area contributed by atoms with Crippen LogP contribution in [0.4, 0.5) is 10.2 Å². The molecule has 1 aliphatic carbocycles. The molecule has 1 amide bonds. The fraction of sp³-hybridized carbons (Fsp3) is 0.381. The van der Waals surface area contributed by atoms with Crippen LogP contribution in [0.15, 0.2) is 18.3 Å². The van der Waals surface area contributed by atoms with Crippen LogP contribution in [0.25, 0.3) is 11.0 Å². The average Bonchev–Trinajstić information content (AvgIpc) is 3.28. The third-order valence-corrected chi connectivity index (χ3v) is 5.97. The SMILES string of the molecule is C[C@H](c1ncc(C2CC2)cc1F)N(C)C(=O)c1cc2nc(N)c3c(c2[nH]1)COC3. The Hall–Kier alpha value is -3.00. The van der Waals surface area contributed by atoms with Crippen molar-refractivity contribution in [1.82, 2.24) is 19.9 Å². The first kappa shape index (κ1) is 18.1. The number of nitrogen functional groups attached to an aromatic ring is 1. The zero-order chi connectivity index (χ0) is 20.3. The molecule has 1 atom stereocenters. The molecule has 2 aliphatic rings. The molecule has 7 nitrogen and oxygen atoms in total. The summed E-state index contributed by atoms with van der Waals surface area (Å²) in [5.74, 6) is 0.210. The van der Waals surface area contributed by atoms with Gasteiger partial charge in [0.15, 0.2) is 0 Å². The van der Waals surface area contributed by atoms with E-state index in [0.717, 1.165) is 35.0 Å². The van der Waals surface area contributed by atoms with Crippen LogP contribution < -0.4 is 5.73 Å². The number of nitrogens with zero attached hydrogens (tertiary/aromatic N) is 3. The van der Waals surface area contributed by atoms with Gasteiger partial charge in [-0.2, -0.15) is 0 Å². The van der Waals surface area contributed by atoms with E-state index in [-0.39, 0.29) is 17.4 Å². The molecule has 4 heterocycles. The van der Waals surface area contributed by atoms with E-state index in [4.69, 9.17) is 10.5 Å². The number of hydrogen-bond donors (Lipinski definition) is 2. The van der Waals surface area contributed by atoms with Crippen molar-refractivity contribution in [2.24, 2.45) is 0 Å². The summed E-state index contributed by atoms with van der Waals surface area (Å²) in [6.07, 6.45) is 3.90. The second-order valence-electron chi connectivity index (χ2n) is 7.89. The van der Waals surface area contributed by atoms with Gasteiger partial charge >= 0.3 is 0 Å². The molecule has 5 rings (SSSR count). The van der Waals surface area contributed by atoms with E-state index >= 15 is 0 Å². The van der Waals surface area contributed by atoms with Gasteiger partial charge in [0.2, 0.25) is 0 Å². The zero-order valence-corrected chi connectivity index (χ0v) is 16.3. The van der Waals surface area contributed by atoms with E-state index in [0.29, 0.717) is 36.2 Å². The number of ether oxygens (including phenoxy) is 1. The molecular weight excluding hydrogens is 373 g/mol. The van der Waals surface area contributed by atoms with Gasteiger partial charge in [-0.25, -0.2) is 9.37 Å². The molecule has 3 N–H and O–H groups in total. The number of anilines is 1. The number of H-pyrrole nitrogens is 1. The van der Waals surface area contributed by atoms with Crippen molar-refractivity contribution < 1.29 is 13.9 Å². The van der Waals surface area contributed by atoms with Crippen molar-refractivity contribution in [3.63, 3.8) is 0 Å². The number of fused-ring (bicyclic) bond motifs is 3. The van der Waals surface area contributed by atoms with E-state index in [1.807, 2.05) is 0 Å². The molecule has 0 bridgehead atoms. The van der Waals surface area contributed by atoms with Gasteiger partial charge < -0.3 is 20.4 Å². The predicted molar refractivity (Wildman–Crippen MR) is 106 cm³/mol. The third-order valence-electron chi connectivity index (χ3n) is 5.97. The summed E-state index contributed by atoms with van der Waals surface area (Å²) in [6.45, 7) is 2.62. The summed E-state index contributed by atoms with van der Waals surface area (Å²) < 4.78 is 20.1. The molecular formula is C21H22FN5O2. The normalized spacial score (nSPS) is 16.8. The van der Waals surface area contributed by atoms with Gasteiger partial charge in [0.25, 0.3) is 5.91 Å². The number of nitrogens with two attached hydrogens (primary N) is 1. The number of carbonyl (C=O) groups excluding carboxylic acids is 1. The quantitative estimate of drug-likeness (QED) is 0.705. The van der Waals surface area contributed by atoms with Crippen LogP contribution >= 0.6 is 0 Å². The summed E-state index contributed by atoms with van der Waals surface area (Å²) in [5.41, 5.74) is 10.8. The fourth-order valence-electron chi connectivity index (χ4n) is 3.92. The van der Waals surface area contributed by atoms with Crippen LogP contribution in [0.3, 0.4) is 0 Å². The standard InChI is InChI=1S/C21H22FN5O2/c1-10(18-15(22)5-12(7-24-18)11-3-4-11)27(2)21(28)17-6-16-19(25-17)13-8-29-9-14(13)20(23)26-16/h5-7,10-11,25H,3-4,8-9H2,1-2H3,(H2,23,26)/t10-/m1/s1. The lowest BCUT2D eigenvalue weighted by Crippen LogP contribution is -2.31. The largest absolute Gasteiger partial charge is 0.383 e. The van der Waals surface area contributed by atoms with Gasteiger partial charge in [0, 0.05) is 24.4 Å². The molecule has 1 aliphatic heterocycles. The Morgan fingerprint density at radius 1 is 1.34 bits per heavy atom. The highest BCUT2D eigenvalue weighted by molar-refractivity contribution is 5.98. The van der Waals surface area contributed by atoms with E-state index in [1.165, 1.54) is 4.90 Å². The minimum absolute atomic E-state index is 0.262. The van der Waals surface area contributed by atoms with Gasteiger partial charge in [0.05, 0.1) is 36.0 Å². The number of carbonyl (C=O) groups is 1. The predicted octanol–water partition coefficient (Wildman–Crippen LogP) is 3.42. The first-order valence-electron chi connectivity index (χ1n) is 9.74. The molecule has 0 unspecified atom stereocenters. The minimum Gasteiger partial charge on any atom is -0.383 e. The number of nitrogens with one attached hydrogen (secondary N) is 1. The van der Waals surface area contributed by atoms with Crippen molar-refractivity contribution in [3.05, 3.63) is 52.2 Å². The van der Waals surface area contributed by atoms with Crippen LogP contribution in [-0.4, -0.2) is 32.8 Å². The topological polar surface area (TPSA) is 97.1 Å². The molecule has 1 saturated carbocycles. The highest BCUT2D eigenvalue weighted by atomic mass is 19.1. The summed E-state index contributed by atoms with van der Waals surface area (Å²) in [5, 5.41) is 0. The summed E-state index contributed by atoms with van der Waals surface area (Å²) in [7, 11) is 1.64. The molecule has 0 radical (unpaired) electrons. The smallest absolute Gasteiger partial charge is 0.270 e. The molecule has 0 aromatic carbocycles. The Labute approximate surface area is 167 Å². The van der Waals surface area contributed by atoms with Gasteiger partial charge in [-0.05, 0) is 43.4 Å². The molecule has 29 heavy (non-hydrogen) atoms. The maximum atomic E-state index is 14.6. The number of hydrogen-bond acceptors (Lipinski definition) is 5. The monoisotopic (exact) mass is 395 g/mol. The highest BCUT2D eigenvalue weighted by Gasteiger charge is 2.28. The van der Waals surface area contributed by atoms with Crippen LogP contribution in [0.5, 0.6) is 0 Å². The number of aromatic amines is 1. The van der Waals surface area contributed by atoms with Crippen molar-refractivity contribution in [1.29, 1.82) is 0 Å². The molecule has 3 aromatic rings. The Morgan fingerprint density at radius 2 is 2.10 bits per heavy atom. The number of rotatable bonds is 4. The fourth-order valence-corrected chi connectivity index (χ4v) is 3.92. The van der Waals surface area contributed by atoms with Crippen molar-refractivity contribution in [2.75, 3.05) is 12.8 Å². The van der Waals surface area contributed by atoms with Gasteiger partial charge in [-0.1, -0.05) is 0 Å². The third kappa shape index (κ3) is 2.95. The van der Waals surface area contributed by atoms with Crippen molar-refractivity contribution in [3.8, 4) is 0 Å². The first-order valence-corrected chi connectivity index (χ1v) is 9.74. The lowest BCUT2D eigenvalue weighted by molar-refractivity contribution is 0.0732. The highest BCUT2D eigenvalue weighted by Crippen LogP contribution is 2.40. The summed E-state index contributed by atoms with van der Waals surface area (Å²) >= 11 is 0. The summed E-state index contributed by atoms with van der Waals surface area (Å²) in [4.78, 5) is 26.4. The average molecular weight is 395 g/mol. The molecule has 3 aromatic heterocycles. The molecule has 0 spiro atoms. The minimum atomic E-state index is -0.519. The first-order chi connectivity index (χ1) is 13.9. The van der Waals surface area contributed by atoms with Crippen LogP contribution in [0, 0.1) is 5.82 Å². The second-order valence-corrected chi connectivity index (χ2v) is 7.89. The molecule has 150 valence electrons. The van der Waals surface area contributed by atoms with Crippen LogP contribution in [-0.2, 0) is 18.0 Å². The van der Waals surface area contributed by atoms with Crippen LogP contribution in [0.2, 0.25) is 0 Å². The molecule has 8 heteroatoms. The lowest BCUT2D eigenvalue weighted by atomic mass is 10.1. The molecule has 0 saturated heterocycles. The Kier molecular flexibility index (Phi) is 4.06. The Bertz CT molecular complexity index is 1140. The maximum absolute atomic E-state index is 14.6. The second kappa shape index (κ2) is 6.52. The zero-order valence-electron chi connectivity index (χ0n) is 16.3. The van der Waals surface area contributed by atoms with E-state index < -0.39 is 6.04 Å². The Balaban J connectivity index is 1.44.